The van der Waals surface area contributed by atoms with Crippen LogP contribution in [-0.4, -0.2) is 49.0 Å². The zero-order valence-electron chi connectivity index (χ0n) is 9.24. The first kappa shape index (κ1) is 12.0. The summed E-state index contributed by atoms with van der Waals surface area (Å²) in [5.41, 5.74) is 0. The van der Waals surface area contributed by atoms with E-state index in [4.69, 9.17) is 4.74 Å². The normalized spacial score (nSPS) is 24.0. The Hall–Kier alpha value is -0.120. The number of aliphatic hydroxyl groups is 1. The van der Waals surface area contributed by atoms with Crippen molar-refractivity contribution >= 4 is 0 Å². The molecule has 1 aliphatic rings. The van der Waals surface area contributed by atoms with E-state index in [0.717, 1.165) is 52.1 Å². The molecule has 0 bridgehead atoms. The number of β-amino-alcohol motifs (C(OH)–C–C–N with tert-alkyl or cyclic N) is 1. The van der Waals surface area contributed by atoms with Gasteiger partial charge in [0, 0.05) is 19.7 Å². The van der Waals surface area contributed by atoms with Gasteiger partial charge in [-0.3, -0.25) is 4.90 Å². The van der Waals surface area contributed by atoms with Crippen LogP contribution in [0.3, 0.4) is 0 Å². The van der Waals surface area contributed by atoms with E-state index in [9.17, 15) is 5.11 Å². The minimum atomic E-state index is -0.112. The van der Waals surface area contributed by atoms with Crippen molar-refractivity contribution < 1.29 is 9.84 Å². The van der Waals surface area contributed by atoms with Crippen LogP contribution in [0.25, 0.3) is 0 Å². The van der Waals surface area contributed by atoms with Crippen LogP contribution >= 0.6 is 0 Å². The standard InChI is InChI=1S/C11H23NO2/c1-2-3-8-14-9-7-12-6-4-5-11(13)10-12/h11,13H,2-10H2,1H3. The molecule has 0 spiro atoms. The number of unbranched alkanes of at least 4 members (excludes halogenated alkanes) is 1. The Balaban J connectivity index is 1.95. The Labute approximate surface area is 87.1 Å². The van der Waals surface area contributed by atoms with Gasteiger partial charge in [0.2, 0.25) is 0 Å². The second kappa shape index (κ2) is 7.21. The number of hydrogen-bond donors (Lipinski definition) is 1. The zero-order chi connectivity index (χ0) is 10.2. The van der Waals surface area contributed by atoms with E-state index in [1.54, 1.807) is 0 Å². The van der Waals surface area contributed by atoms with Crippen molar-refractivity contribution in [1.82, 2.24) is 4.90 Å². The highest BCUT2D eigenvalue weighted by atomic mass is 16.5. The fourth-order valence-corrected chi connectivity index (χ4v) is 1.78. The van der Waals surface area contributed by atoms with E-state index in [-0.39, 0.29) is 6.10 Å². The molecule has 0 aromatic heterocycles. The quantitative estimate of drug-likeness (QED) is 0.657. The van der Waals surface area contributed by atoms with Crippen molar-refractivity contribution in [2.45, 2.75) is 38.7 Å². The maximum absolute atomic E-state index is 9.44. The van der Waals surface area contributed by atoms with Gasteiger partial charge in [-0.15, -0.1) is 0 Å². The maximum atomic E-state index is 9.44. The summed E-state index contributed by atoms with van der Waals surface area (Å²) >= 11 is 0. The molecule has 84 valence electrons. The molecule has 0 aromatic rings. The lowest BCUT2D eigenvalue weighted by atomic mass is 10.1. The third-order valence-electron chi connectivity index (χ3n) is 2.67. The van der Waals surface area contributed by atoms with Gasteiger partial charge >= 0.3 is 0 Å². The molecular weight excluding hydrogens is 178 g/mol. The van der Waals surface area contributed by atoms with Crippen LogP contribution in [-0.2, 0) is 4.74 Å². The van der Waals surface area contributed by atoms with E-state index >= 15 is 0 Å². The first-order chi connectivity index (χ1) is 6.83. The van der Waals surface area contributed by atoms with Crippen molar-refractivity contribution in [3.8, 4) is 0 Å². The smallest absolute Gasteiger partial charge is 0.0667 e. The van der Waals surface area contributed by atoms with E-state index in [2.05, 4.69) is 11.8 Å². The average Bonchev–Trinajstić information content (AvgIpc) is 2.18. The minimum Gasteiger partial charge on any atom is -0.392 e. The highest BCUT2D eigenvalue weighted by Crippen LogP contribution is 2.08. The van der Waals surface area contributed by atoms with Crippen molar-refractivity contribution in [1.29, 1.82) is 0 Å². The van der Waals surface area contributed by atoms with E-state index in [1.165, 1.54) is 6.42 Å². The summed E-state index contributed by atoms with van der Waals surface area (Å²) in [5.74, 6) is 0. The van der Waals surface area contributed by atoms with Gasteiger partial charge < -0.3 is 9.84 Å². The van der Waals surface area contributed by atoms with E-state index < -0.39 is 0 Å². The Morgan fingerprint density at radius 1 is 1.43 bits per heavy atom. The van der Waals surface area contributed by atoms with Crippen LogP contribution in [0.4, 0.5) is 0 Å². The Bertz CT molecular complexity index is 141. The number of aliphatic hydroxyl groups excluding tert-OH is 1. The highest BCUT2D eigenvalue weighted by molar-refractivity contribution is 4.71. The number of rotatable bonds is 6. The molecular formula is C11H23NO2. The molecule has 1 heterocycles. The van der Waals surface area contributed by atoms with Crippen LogP contribution in [0.15, 0.2) is 0 Å². The summed E-state index contributed by atoms with van der Waals surface area (Å²) in [5, 5.41) is 9.44. The Kier molecular flexibility index (Phi) is 6.15. The first-order valence-corrected chi connectivity index (χ1v) is 5.81. The molecule has 1 rings (SSSR count). The first-order valence-electron chi connectivity index (χ1n) is 5.81. The molecule has 14 heavy (non-hydrogen) atoms. The maximum Gasteiger partial charge on any atom is 0.0667 e. The summed E-state index contributed by atoms with van der Waals surface area (Å²) < 4.78 is 5.49. The third-order valence-corrected chi connectivity index (χ3v) is 2.67. The molecule has 1 fully saturated rings. The molecule has 0 aromatic carbocycles. The molecule has 0 aliphatic carbocycles. The van der Waals surface area contributed by atoms with E-state index in [1.807, 2.05) is 0 Å². The van der Waals surface area contributed by atoms with E-state index in [0.29, 0.717) is 0 Å². The van der Waals surface area contributed by atoms with Crippen LogP contribution in [0, 0.1) is 0 Å². The summed E-state index contributed by atoms with van der Waals surface area (Å²) in [4.78, 5) is 2.29. The summed E-state index contributed by atoms with van der Waals surface area (Å²) in [6.45, 7) is 6.79. The fraction of sp³-hybridized carbons (Fsp3) is 1.00. The van der Waals surface area contributed by atoms with Gasteiger partial charge in [0.15, 0.2) is 0 Å². The number of ether oxygens (including phenoxy) is 1. The van der Waals surface area contributed by atoms with Gasteiger partial charge in [0.1, 0.15) is 0 Å². The Morgan fingerprint density at radius 3 is 3.00 bits per heavy atom. The summed E-state index contributed by atoms with van der Waals surface area (Å²) in [7, 11) is 0. The second-order valence-corrected chi connectivity index (χ2v) is 4.06. The Morgan fingerprint density at radius 2 is 2.29 bits per heavy atom. The molecule has 1 atom stereocenters. The van der Waals surface area contributed by atoms with Gasteiger partial charge in [0.05, 0.1) is 12.7 Å². The fourth-order valence-electron chi connectivity index (χ4n) is 1.78. The number of hydrogen-bond acceptors (Lipinski definition) is 3. The number of piperidine rings is 1. The molecule has 1 saturated heterocycles. The van der Waals surface area contributed by atoms with Crippen LogP contribution < -0.4 is 0 Å². The molecule has 1 unspecified atom stereocenters. The lowest BCUT2D eigenvalue weighted by Crippen LogP contribution is -2.40. The SMILES string of the molecule is CCCCOCCN1CCCC(O)C1. The number of likely N-dealkylation sites (tertiary alicyclic amines) is 1. The molecule has 1 aliphatic heterocycles. The molecule has 0 radical (unpaired) electrons. The summed E-state index contributed by atoms with van der Waals surface area (Å²) in [6.07, 6.45) is 4.33. The minimum absolute atomic E-state index is 0.112. The predicted molar refractivity (Wildman–Crippen MR) is 57.4 cm³/mol. The van der Waals surface area contributed by atoms with Crippen LogP contribution in [0.5, 0.6) is 0 Å². The molecule has 1 N–H and O–H groups in total. The van der Waals surface area contributed by atoms with Gasteiger partial charge in [0.25, 0.3) is 0 Å². The van der Waals surface area contributed by atoms with Gasteiger partial charge in [-0.25, -0.2) is 0 Å². The zero-order valence-corrected chi connectivity index (χ0v) is 9.24. The van der Waals surface area contributed by atoms with Crippen molar-refractivity contribution in [2.24, 2.45) is 0 Å². The van der Waals surface area contributed by atoms with Gasteiger partial charge in [-0.2, -0.15) is 0 Å². The highest BCUT2D eigenvalue weighted by Gasteiger charge is 2.16. The monoisotopic (exact) mass is 201 g/mol. The molecule has 0 amide bonds. The second-order valence-electron chi connectivity index (χ2n) is 4.06. The van der Waals surface area contributed by atoms with Gasteiger partial charge in [-0.1, -0.05) is 13.3 Å². The lowest BCUT2D eigenvalue weighted by molar-refractivity contribution is 0.0445. The van der Waals surface area contributed by atoms with Crippen LogP contribution in [0.2, 0.25) is 0 Å². The molecule has 3 heteroatoms. The average molecular weight is 201 g/mol. The molecule has 3 nitrogen and oxygen atoms in total. The largest absolute Gasteiger partial charge is 0.392 e. The topological polar surface area (TPSA) is 32.7 Å². The molecule has 0 saturated carbocycles. The summed E-state index contributed by atoms with van der Waals surface area (Å²) in [6, 6.07) is 0. The van der Waals surface area contributed by atoms with Crippen molar-refractivity contribution in [3.63, 3.8) is 0 Å². The van der Waals surface area contributed by atoms with Crippen molar-refractivity contribution in [2.75, 3.05) is 32.8 Å². The van der Waals surface area contributed by atoms with Gasteiger partial charge in [-0.05, 0) is 25.8 Å². The van der Waals surface area contributed by atoms with Crippen LogP contribution in [0.1, 0.15) is 32.6 Å². The third kappa shape index (κ3) is 4.94. The predicted octanol–water partition coefficient (Wildman–Crippen LogP) is 1.26. The lowest BCUT2D eigenvalue weighted by Gasteiger charge is -2.29. The number of nitrogens with zero attached hydrogens (tertiary/aromatic N) is 1. The van der Waals surface area contributed by atoms with Crippen molar-refractivity contribution in [3.05, 3.63) is 0 Å².